The molecule has 0 N–H and O–H groups in total. The monoisotopic (exact) mass is 402 g/mol. The van der Waals surface area contributed by atoms with Gasteiger partial charge >= 0.3 is 5.09 Å². The second kappa shape index (κ2) is 28.4. The molecule has 0 fully saturated rings. The lowest BCUT2D eigenvalue weighted by Crippen LogP contribution is -2.10. The molecule has 0 spiro atoms. The van der Waals surface area contributed by atoms with Crippen LogP contribution in [0.2, 0.25) is 0 Å². The molecule has 0 unspecified atom stereocenters. The number of nitrogens with zero attached hydrogens (tertiary/aromatic N) is 1. The van der Waals surface area contributed by atoms with Crippen LogP contribution in [0.1, 0.15) is 143 Å². The van der Waals surface area contributed by atoms with Gasteiger partial charge in [0.2, 0.25) is 0 Å². The first-order valence-corrected chi connectivity index (χ1v) is 12.5. The average Bonchev–Trinajstić information content (AvgIpc) is 2.69. The molecule has 0 aliphatic carbocycles. The van der Waals surface area contributed by atoms with Crippen LogP contribution in [0.25, 0.3) is 0 Å². The minimum Gasteiger partial charge on any atom is -0.187 e. The minimum absolute atomic E-state index is 0.186. The van der Waals surface area contributed by atoms with E-state index in [1.54, 1.807) is 6.92 Å². The van der Waals surface area contributed by atoms with Crippen LogP contribution in [0.15, 0.2) is 0 Å². The third kappa shape index (κ3) is 29.9. The third-order valence-corrected chi connectivity index (χ3v) is 4.89. The van der Waals surface area contributed by atoms with Crippen molar-refractivity contribution >= 4 is 0 Å². The van der Waals surface area contributed by atoms with E-state index in [-0.39, 0.29) is 5.09 Å². The van der Waals surface area contributed by atoms with E-state index in [1.165, 1.54) is 103 Å². The molecule has 170 valence electrons. The first-order valence-electron chi connectivity index (χ1n) is 12.5. The van der Waals surface area contributed by atoms with Gasteiger partial charge in [-0.2, -0.15) is 9.68 Å². The van der Waals surface area contributed by atoms with Crippen molar-refractivity contribution in [3.05, 3.63) is 4.91 Å². The smallest absolute Gasteiger partial charge is 0.187 e. The second-order valence-electron chi connectivity index (χ2n) is 7.78. The van der Waals surface area contributed by atoms with Crippen LogP contribution < -0.4 is 0 Å². The fraction of sp³-hybridized carbons (Fsp3) is 1.00. The largest absolute Gasteiger partial charge is 0.477 e. The topological polar surface area (TPSA) is 38.5 Å². The first-order chi connectivity index (χ1) is 13.7. The van der Waals surface area contributed by atoms with Gasteiger partial charge in [-0.25, -0.2) is 0 Å². The zero-order valence-corrected chi connectivity index (χ0v) is 19.8. The first kappa shape index (κ1) is 29.4. The standard InChI is InChI=1S/C16H34.C8H18NO3/c1-3-5-7-9-11-13-15-16-14-12-10-8-6-4-2;1-3-5-6-7-8-12-9(10)11-4-2/h3-16H2,1-2H3;3-8H2,1-2H3/q;+1. The van der Waals surface area contributed by atoms with E-state index in [0.717, 1.165) is 12.8 Å². The van der Waals surface area contributed by atoms with Crippen molar-refractivity contribution in [3.63, 3.8) is 0 Å². The predicted molar refractivity (Wildman–Crippen MR) is 121 cm³/mol. The van der Waals surface area contributed by atoms with Gasteiger partial charge in [-0.1, -0.05) is 124 Å². The van der Waals surface area contributed by atoms with E-state index >= 15 is 0 Å². The summed E-state index contributed by atoms with van der Waals surface area (Å²) in [5.74, 6) is 0. The lowest BCUT2D eigenvalue weighted by atomic mass is 10.0. The Morgan fingerprint density at radius 1 is 0.464 bits per heavy atom. The molecule has 0 rings (SSSR count). The maximum Gasteiger partial charge on any atom is 0.477 e. The fourth-order valence-electron chi connectivity index (χ4n) is 3.08. The van der Waals surface area contributed by atoms with Crippen molar-refractivity contribution in [3.8, 4) is 0 Å². The highest BCUT2D eigenvalue weighted by molar-refractivity contribution is 4.48. The second-order valence-corrected chi connectivity index (χ2v) is 7.78. The molecule has 4 nitrogen and oxygen atoms in total. The van der Waals surface area contributed by atoms with Crippen LogP contribution in [0.5, 0.6) is 0 Å². The Kier molecular flexibility index (Phi) is 29.8. The molecule has 0 aliphatic rings. The summed E-state index contributed by atoms with van der Waals surface area (Å²) in [6, 6.07) is 0. The van der Waals surface area contributed by atoms with Crippen molar-refractivity contribution in [1.29, 1.82) is 0 Å². The SMILES string of the molecule is CCCCCCCCCCCCCCCC.CCCCCCO[N+](=O)OCC. The van der Waals surface area contributed by atoms with Gasteiger partial charge in [-0.15, -0.1) is 0 Å². The van der Waals surface area contributed by atoms with E-state index in [9.17, 15) is 4.91 Å². The van der Waals surface area contributed by atoms with Gasteiger partial charge in [0, 0.05) is 0 Å². The lowest BCUT2D eigenvalue weighted by Gasteiger charge is -2.02. The molecule has 0 heterocycles. The fourth-order valence-corrected chi connectivity index (χ4v) is 3.08. The molecule has 0 atom stereocenters. The highest BCUT2D eigenvalue weighted by Crippen LogP contribution is 2.12. The molecule has 4 heteroatoms. The maximum absolute atomic E-state index is 10.5. The summed E-state index contributed by atoms with van der Waals surface area (Å²) in [6.45, 7) is 9.26. The number of hydrogen-bond donors (Lipinski definition) is 0. The lowest BCUT2D eigenvalue weighted by molar-refractivity contribution is -0.981. The minimum atomic E-state index is 0.186. The molecule has 0 aliphatic heterocycles. The summed E-state index contributed by atoms with van der Waals surface area (Å²) in [7, 11) is 0. The van der Waals surface area contributed by atoms with Gasteiger partial charge in [0.15, 0.2) is 13.2 Å². The van der Waals surface area contributed by atoms with Crippen LogP contribution in [-0.4, -0.2) is 18.3 Å². The molecule has 0 aromatic carbocycles. The number of unbranched alkanes of at least 4 members (excludes halogenated alkanes) is 16. The quantitative estimate of drug-likeness (QED) is 0.142. The zero-order chi connectivity index (χ0) is 21.1. The Bertz CT molecular complexity index is 271. The molecule has 0 amide bonds. The molecule has 0 radical (unpaired) electrons. The van der Waals surface area contributed by atoms with E-state index in [4.69, 9.17) is 0 Å². The molecular formula is C24H52NO3+. The van der Waals surface area contributed by atoms with Crippen molar-refractivity contribution in [1.82, 2.24) is 0 Å². The normalized spacial score (nSPS) is 10.3. The molecule has 0 bridgehead atoms. The Hall–Kier alpha value is -0.800. The van der Waals surface area contributed by atoms with Crippen LogP contribution in [0, 0.1) is 4.91 Å². The molecule has 0 saturated heterocycles. The average molecular weight is 403 g/mol. The third-order valence-electron chi connectivity index (χ3n) is 4.89. The summed E-state index contributed by atoms with van der Waals surface area (Å²) >= 11 is 0. The van der Waals surface area contributed by atoms with Crippen LogP contribution in [-0.2, 0) is 9.68 Å². The van der Waals surface area contributed by atoms with Crippen LogP contribution >= 0.6 is 0 Å². The number of hydrogen-bond acceptors (Lipinski definition) is 3. The van der Waals surface area contributed by atoms with Gasteiger partial charge in [0.05, 0.1) is 0 Å². The van der Waals surface area contributed by atoms with Gasteiger partial charge in [0.25, 0.3) is 0 Å². The van der Waals surface area contributed by atoms with Gasteiger partial charge in [-0.05, 0) is 19.8 Å². The maximum atomic E-state index is 10.5. The number of rotatable bonds is 21. The predicted octanol–water partition coefficient (Wildman–Crippen LogP) is 8.72. The van der Waals surface area contributed by atoms with Crippen LogP contribution in [0.4, 0.5) is 0 Å². The highest BCUT2D eigenvalue weighted by atomic mass is 17.0. The van der Waals surface area contributed by atoms with Crippen molar-refractivity contribution in [2.24, 2.45) is 0 Å². The van der Waals surface area contributed by atoms with Gasteiger partial charge in [-0.3, -0.25) is 0 Å². The van der Waals surface area contributed by atoms with Crippen molar-refractivity contribution < 1.29 is 14.8 Å². The van der Waals surface area contributed by atoms with Crippen LogP contribution in [0.3, 0.4) is 0 Å². The summed E-state index contributed by atoms with van der Waals surface area (Å²) in [6.07, 6.45) is 24.8. The Labute approximate surface area is 176 Å². The zero-order valence-electron chi connectivity index (χ0n) is 19.8. The highest BCUT2D eigenvalue weighted by Gasteiger charge is 2.08. The summed E-state index contributed by atoms with van der Waals surface area (Å²) < 4.78 is 0. The summed E-state index contributed by atoms with van der Waals surface area (Å²) in [5.41, 5.74) is 0. The van der Waals surface area contributed by atoms with Crippen molar-refractivity contribution in [2.75, 3.05) is 13.2 Å². The van der Waals surface area contributed by atoms with Gasteiger partial charge < -0.3 is 0 Å². The summed E-state index contributed by atoms with van der Waals surface area (Å²) in [4.78, 5) is 19.7. The Morgan fingerprint density at radius 2 is 0.786 bits per heavy atom. The van der Waals surface area contributed by atoms with Crippen molar-refractivity contribution in [2.45, 2.75) is 143 Å². The Morgan fingerprint density at radius 3 is 1.11 bits per heavy atom. The van der Waals surface area contributed by atoms with E-state index < -0.39 is 0 Å². The molecule has 28 heavy (non-hydrogen) atoms. The summed E-state index contributed by atoms with van der Waals surface area (Å²) in [5, 5.41) is 0.186. The Balaban J connectivity index is 0. The molecule has 0 aromatic rings. The van der Waals surface area contributed by atoms with E-state index in [0.29, 0.717) is 13.2 Å². The van der Waals surface area contributed by atoms with E-state index in [2.05, 4.69) is 30.4 Å². The van der Waals surface area contributed by atoms with E-state index in [1.807, 2.05) is 0 Å². The van der Waals surface area contributed by atoms with Gasteiger partial charge in [0.1, 0.15) is 4.91 Å². The molecular weight excluding hydrogens is 350 g/mol. The molecule has 0 saturated carbocycles. The molecule has 0 aromatic heterocycles.